The summed E-state index contributed by atoms with van der Waals surface area (Å²) in [6, 6.07) is 6.85. The molecule has 0 spiro atoms. The number of benzene rings is 1. The summed E-state index contributed by atoms with van der Waals surface area (Å²) in [6.45, 7) is 2.93. The van der Waals surface area contributed by atoms with Crippen LogP contribution in [0.5, 0.6) is 5.75 Å². The van der Waals surface area contributed by atoms with Gasteiger partial charge in [-0.3, -0.25) is 14.4 Å². The van der Waals surface area contributed by atoms with Gasteiger partial charge < -0.3 is 15.8 Å². The van der Waals surface area contributed by atoms with Crippen LogP contribution in [0.25, 0.3) is 0 Å². The van der Waals surface area contributed by atoms with Gasteiger partial charge in [-0.1, -0.05) is 6.92 Å². The summed E-state index contributed by atoms with van der Waals surface area (Å²) in [7, 11) is 0. The Morgan fingerprint density at radius 1 is 1.32 bits per heavy atom. The molecular weight excluding hydrogens is 286 g/mol. The van der Waals surface area contributed by atoms with Crippen molar-refractivity contribution in [3.05, 3.63) is 29.8 Å². The van der Waals surface area contributed by atoms with Gasteiger partial charge in [-0.25, -0.2) is 0 Å². The third-order valence-electron chi connectivity index (χ3n) is 2.95. The van der Waals surface area contributed by atoms with E-state index < -0.39 is 29.7 Å². The molecule has 22 heavy (non-hydrogen) atoms. The van der Waals surface area contributed by atoms with Crippen molar-refractivity contribution in [3.63, 3.8) is 0 Å². The van der Waals surface area contributed by atoms with Crippen molar-refractivity contribution >= 4 is 17.8 Å². The van der Waals surface area contributed by atoms with Gasteiger partial charge in [-0.2, -0.15) is 5.26 Å². The molecule has 116 valence electrons. The average Bonchev–Trinajstić information content (AvgIpc) is 2.44. The first kappa shape index (κ1) is 17.2. The number of carbonyl (C=O) groups excluding carboxylic acids is 3. The van der Waals surface area contributed by atoms with Gasteiger partial charge >= 0.3 is 5.97 Å². The van der Waals surface area contributed by atoms with Crippen molar-refractivity contribution < 1.29 is 19.1 Å². The van der Waals surface area contributed by atoms with E-state index in [2.05, 4.69) is 5.32 Å². The van der Waals surface area contributed by atoms with Crippen molar-refractivity contribution in [2.45, 2.75) is 26.3 Å². The molecule has 0 aliphatic heterocycles. The number of rotatable bonds is 6. The number of esters is 1. The zero-order valence-electron chi connectivity index (χ0n) is 12.3. The van der Waals surface area contributed by atoms with E-state index in [-0.39, 0.29) is 12.0 Å². The largest absolute Gasteiger partial charge is 0.427 e. The summed E-state index contributed by atoms with van der Waals surface area (Å²) in [5.74, 6) is -1.74. The molecule has 0 bridgehead atoms. The quantitative estimate of drug-likeness (QED) is 0.593. The number of hydrogen-bond acceptors (Lipinski definition) is 5. The lowest BCUT2D eigenvalue weighted by atomic mass is 9.98. The number of nitrogens with two attached hydrogens (primary N) is 1. The Labute approximate surface area is 128 Å². The van der Waals surface area contributed by atoms with Crippen LogP contribution in [0.4, 0.5) is 0 Å². The minimum atomic E-state index is -0.930. The summed E-state index contributed by atoms with van der Waals surface area (Å²) >= 11 is 0. The van der Waals surface area contributed by atoms with Gasteiger partial charge in [0, 0.05) is 18.9 Å². The summed E-state index contributed by atoms with van der Waals surface area (Å²) in [4.78, 5) is 34.3. The van der Waals surface area contributed by atoms with E-state index in [0.717, 1.165) is 0 Å². The van der Waals surface area contributed by atoms with Crippen molar-refractivity contribution in [3.8, 4) is 11.8 Å². The number of carbonyl (C=O) groups is 3. The van der Waals surface area contributed by atoms with E-state index in [1.807, 2.05) is 6.07 Å². The van der Waals surface area contributed by atoms with Gasteiger partial charge in [0.05, 0.1) is 6.07 Å². The SMILES string of the molecule is CC(=O)Oc1ccc(C(=O)N[C@@H](C(N)=O)[C@@H](C)CC#N)cc1. The minimum Gasteiger partial charge on any atom is -0.427 e. The molecule has 2 atom stereocenters. The van der Waals surface area contributed by atoms with Crippen molar-refractivity contribution in [2.75, 3.05) is 0 Å². The Morgan fingerprint density at radius 2 is 1.91 bits per heavy atom. The number of primary amides is 1. The third-order valence-corrected chi connectivity index (χ3v) is 2.95. The molecule has 2 amide bonds. The summed E-state index contributed by atoms with van der Waals surface area (Å²) in [6.07, 6.45) is 0.0965. The lowest BCUT2D eigenvalue weighted by Gasteiger charge is -2.20. The molecular formula is C15H17N3O4. The Bertz CT molecular complexity index is 604. The topological polar surface area (TPSA) is 122 Å². The van der Waals surface area contributed by atoms with Crippen molar-refractivity contribution in [2.24, 2.45) is 11.7 Å². The van der Waals surface area contributed by atoms with Crippen molar-refractivity contribution in [1.29, 1.82) is 5.26 Å². The van der Waals surface area contributed by atoms with Crippen LogP contribution in [0, 0.1) is 17.2 Å². The zero-order chi connectivity index (χ0) is 16.7. The molecule has 0 aliphatic carbocycles. The van der Waals surface area contributed by atoms with Crippen LogP contribution in [-0.4, -0.2) is 23.8 Å². The van der Waals surface area contributed by atoms with E-state index in [4.69, 9.17) is 15.7 Å². The first-order valence-corrected chi connectivity index (χ1v) is 6.60. The molecule has 1 rings (SSSR count). The monoisotopic (exact) mass is 303 g/mol. The molecule has 1 aromatic carbocycles. The summed E-state index contributed by atoms with van der Waals surface area (Å²) < 4.78 is 4.86. The van der Waals surface area contributed by atoms with Gasteiger partial charge in [0.15, 0.2) is 0 Å². The lowest BCUT2D eigenvalue weighted by Crippen LogP contribution is -2.48. The highest BCUT2D eigenvalue weighted by Crippen LogP contribution is 2.13. The number of ether oxygens (including phenoxy) is 1. The molecule has 0 saturated heterocycles. The fraction of sp³-hybridized carbons (Fsp3) is 0.333. The van der Waals surface area contributed by atoms with Crippen LogP contribution in [0.1, 0.15) is 30.6 Å². The fourth-order valence-electron chi connectivity index (χ4n) is 1.82. The van der Waals surface area contributed by atoms with Gasteiger partial charge in [0.25, 0.3) is 5.91 Å². The maximum atomic E-state index is 12.1. The molecule has 0 aliphatic rings. The molecule has 1 aromatic rings. The average molecular weight is 303 g/mol. The van der Waals surface area contributed by atoms with Crippen LogP contribution in [0.3, 0.4) is 0 Å². The van der Waals surface area contributed by atoms with Gasteiger partial charge in [0.2, 0.25) is 5.91 Å². The zero-order valence-corrected chi connectivity index (χ0v) is 12.3. The predicted octanol–water partition coefficient (Wildman–Crippen LogP) is 0.745. The van der Waals surface area contributed by atoms with E-state index in [1.165, 1.54) is 31.2 Å². The first-order valence-electron chi connectivity index (χ1n) is 6.60. The standard InChI is InChI=1S/C15H17N3O4/c1-9(7-8-16)13(14(17)20)18-15(21)11-3-5-12(6-4-11)22-10(2)19/h3-6,9,13H,7H2,1-2H3,(H2,17,20)(H,18,21)/t9-,13+/m0/s1. The van der Waals surface area contributed by atoms with Crippen LogP contribution < -0.4 is 15.8 Å². The second kappa shape index (κ2) is 7.78. The van der Waals surface area contributed by atoms with E-state index >= 15 is 0 Å². The van der Waals surface area contributed by atoms with E-state index in [9.17, 15) is 14.4 Å². The molecule has 0 saturated carbocycles. The Kier molecular flexibility index (Phi) is 6.08. The second-order valence-electron chi connectivity index (χ2n) is 4.81. The molecule has 7 nitrogen and oxygen atoms in total. The highest BCUT2D eigenvalue weighted by molar-refractivity contribution is 5.97. The van der Waals surface area contributed by atoms with Gasteiger partial charge in [0.1, 0.15) is 11.8 Å². The Hall–Kier alpha value is -2.88. The Balaban J connectivity index is 2.80. The lowest BCUT2D eigenvalue weighted by molar-refractivity contribution is -0.131. The molecule has 0 fully saturated rings. The van der Waals surface area contributed by atoms with Crippen LogP contribution in [0.2, 0.25) is 0 Å². The predicted molar refractivity (Wildman–Crippen MR) is 77.6 cm³/mol. The van der Waals surface area contributed by atoms with Crippen LogP contribution in [0.15, 0.2) is 24.3 Å². The minimum absolute atomic E-state index is 0.0965. The van der Waals surface area contributed by atoms with Gasteiger partial charge in [-0.05, 0) is 30.2 Å². The number of nitriles is 1. The highest BCUT2D eigenvalue weighted by Gasteiger charge is 2.25. The molecule has 0 heterocycles. The normalized spacial score (nSPS) is 12.6. The van der Waals surface area contributed by atoms with E-state index in [1.54, 1.807) is 6.92 Å². The van der Waals surface area contributed by atoms with Crippen molar-refractivity contribution in [1.82, 2.24) is 5.32 Å². The highest BCUT2D eigenvalue weighted by atomic mass is 16.5. The Morgan fingerprint density at radius 3 is 2.36 bits per heavy atom. The molecule has 0 radical (unpaired) electrons. The second-order valence-corrected chi connectivity index (χ2v) is 4.81. The maximum absolute atomic E-state index is 12.1. The maximum Gasteiger partial charge on any atom is 0.308 e. The third kappa shape index (κ3) is 4.90. The summed E-state index contributed by atoms with van der Waals surface area (Å²) in [5.41, 5.74) is 5.54. The number of nitrogens with one attached hydrogen (secondary N) is 1. The molecule has 0 aromatic heterocycles. The number of nitrogens with zero attached hydrogens (tertiary/aromatic N) is 1. The number of hydrogen-bond donors (Lipinski definition) is 2. The molecule has 3 N–H and O–H groups in total. The van der Waals surface area contributed by atoms with Crippen LogP contribution >= 0.6 is 0 Å². The van der Waals surface area contributed by atoms with Crippen LogP contribution in [-0.2, 0) is 9.59 Å². The smallest absolute Gasteiger partial charge is 0.308 e. The molecule has 7 heteroatoms. The molecule has 0 unspecified atom stereocenters. The first-order chi connectivity index (χ1) is 10.3. The number of amides is 2. The fourth-order valence-corrected chi connectivity index (χ4v) is 1.82. The summed E-state index contributed by atoms with van der Waals surface area (Å²) in [5, 5.41) is 11.2. The van der Waals surface area contributed by atoms with E-state index in [0.29, 0.717) is 5.75 Å². The van der Waals surface area contributed by atoms with Gasteiger partial charge in [-0.15, -0.1) is 0 Å².